The number of likely N-dealkylation sites (tertiary alicyclic amines) is 1. The van der Waals surface area contributed by atoms with Crippen LogP contribution in [-0.2, 0) is 4.79 Å². The molecule has 5 nitrogen and oxygen atoms in total. The number of amides is 2. The van der Waals surface area contributed by atoms with Crippen LogP contribution in [0.3, 0.4) is 0 Å². The second-order valence-electron chi connectivity index (χ2n) is 7.84. The summed E-state index contributed by atoms with van der Waals surface area (Å²) in [5.74, 6) is 0.408. The summed E-state index contributed by atoms with van der Waals surface area (Å²) in [5.41, 5.74) is 7.43. The molecule has 0 spiro atoms. The van der Waals surface area contributed by atoms with Crippen molar-refractivity contribution in [2.24, 2.45) is 17.6 Å². The Bertz CT molecular complexity index is 639. The topological polar surface area (TPSA) is 75.4 Å². The Morgan fingerprint density at radius 3 is 2.52 bits per heavy atom. The van der Waals surface area contributed by atoms with Crippen molar-refractivity contribution >= 4 is 11.8 Å². The van der Waals surface area contributed by atoms with Crippen molar-refractivity contribution in [1.29, 1.82) is 0 Å². The summed E-state index contributed by atoms with van der Waals surface area (Å²) in [5, 5.41) is 3.18. The molecule has 1 aromatic rings. The molecule has 3 N–H and O–H groups in total. The summed E-state index contributed by atoms with van der Waals surface area (Å²) >= 11 is 0. The molecule has 3 rings (SSSR count). The molecule has 1 heterocycles. The maximum atomic E-state index is 12.7. The van der Waals surface area contributed by atoms with Gasteiger partial charge in [0.05, 0.1) is 11.5 Å². The van der Waals surface area contributed by atoms with Gasteiger partial charge in [0, 0.05) is 25.2 Å². The SMILES string of the molecule is Cc1ccc(C(=O)N2CCCC(C(=O)NC(C)(CN)C3CC3)C2)cc1. The van der Waals surface area contributed by atoms with Crippen LogP contribution in [0, 0.1) is 18.8 Å². The quantitative estimate of drug-likeness (QED) is 0.859. The van der Waals surface area contributed by atoms with Gasteiger partial charge in [-0.05, 0) is 57.6 Å². The molecular formula is C20H29N3O2. The second-order valence-corrected chi connectivity index (χ2v) is 7.84. The minimum Gasteiger partial charge on any atom is -0.349 e. The molecule has 1 saturated heterocycles. The number of hydrogen-bond acceptors (Lipinski definition) is 3. The third-order valence-corrected chi connectivity index (χ3v) is 5.69. The van der Waals surface area contributed by atoms with Crippen LogP contribution in [0.5, 0.6) is 0 Å². The number of nitrogens with two attached hydrogens (primary N) is 1. The van der Waals surface area contributed by atoms with Crippen molar-refractivity contribution in [1.82, 2.24) is 10.2 Å². The normalized spacial score (nSPS) is 23.0. The van der Waals surface area contributed by atoms with E-state index < -0.39 is 0 Å². The van der Waals surface area contributed by atoms with Crippen molar-refractivity contribution in [2.75, 3.05) is 19.6 Å². The molecule has 1 aliphatic carbocycles. The van der Waals surface area contributed by atoms with Crippen molar-refractivity contribution in [3.8, 4) is 0 Å². The zero-order chi connectivity index (χ0) is 18.0. The number of carbonyl (C=O) groups excluding carboxylic acids is 2. The van der Waals surface area contributed by atoms with Crippen LogP contribution in [0.2, 0.25) is 0 Å². The van der Waals surface area contributed by atoms with Gasteiger partial charge in [-0.25, -0.2) is 0 Å². The van der Waals surface area contributed by atoms with E-state index in [4.69, 9.17) is 5.73 Å². The molecular weight excluding hydrogens is 314 g/mol. The zero-order valence-corrected chi connectivity index (χ0v) is 15.3. The number of nitrogens with zero attached hydrogens (tertiary/aromatic N) is 1. The van der Waals surface area contributed by atoms with Crippen LogP contribution in [-0.4, -0.2) is 41.9 Å². The molecule has 25 heavy (non-hydrogen) atoms. The lowest BCUT2D eigenvalue weighted by Gasteiger charge is -2.36. The van der Waals surface area contributed by atoms with Gasteiger partial charge in [0.2, 0.25) is 5.91 Å². The molecule has 136 valence electrons. The van der Waals surface area contributed by atoms with Gasteiger partial charge >= 0.3 is 0 Å². The minimum atomic E-state index is -0.305. The van der Waals surface area contributed by atoms with Gasteiger partial charge in [-0.2, -0.15) is 0 Å². The first-order valence-electron chi connectivity index (χ1n) is 9.31. The number of rotatable bonds is 5. The molecule has 2 unspecified atom stereocenters. The molecule has 0 aromatic heterocycles. The van der Waals surface area contributed by atoms with E-state index in [0.29, 0.717) is 31.1 Å². The Morgan fingerprint density at radius 1 is 1.24 bits per heavy atom. The largest absolute Gasteiger partial charge is 0.349 e. The number of benzene rings is 1. The Labute approximate surface area is 150 Å². The number of piperidine rings is 1. The number of hydrogen-bond donors (Lipinski definition) is 2. The van der Waals surface area contributed by atoms with E-state index in [-0.39, 0.29) is 23.3 Å². The summed E-state index contributed by atoms with van der Waals surface area (Å²) in [6.07, 6.45) is 3.96. The van der Waals surface area contributed by atoms with E-state index in [9.17, 15) is 9.59 Å². The predicted octanol–water partition coefficient (Wildman–Crippen LogP) is 2.09. The average molecular weight is 343 g/mol. The van der Waals surface area contributed by atoms with Crippen LogP contribution in [0.1, 0.15) is 48.5 Å². The van der Waals surface area contributed by atoms with Crippen molar-refractivity contribution < 1.29 is 9.59 Å². The van der Waals surface area contributed by atoms with Crippen molar-refractivity contribution in [3.63, 3.8) is 0 Å². The summed E-state index contributed by atoms with van der Waals surface area (Å²) in [6.45, 7) is 5.71. The molecule has 2 aliphatic rings. The van der Waals surface area contributed by atoms with Crippen molar-refractivity contribution in [3.05, 3.63) is 35.4 Å². The summed E-state index contributed by atoms with van der Waals surface area (Å²) < 4.78 is 0. The number of aryl methyl sites for hydroxylation is 1. The van der Waals surface area contributed by atoms with Gasteiger partial charge in [-0.15, -0.1) is 0 Å². The first-order chi connectivity index (χ1) is 11.9. The maximum Gasteiger partial charge on any atom is 0.253 e. The molecule has 0 radical (unpaired) electrons. The maximum absolute atomic E-state index is 12.7. The highest BCUT2D eigenvalue weighted by Gasteiger charge is 2.42. The molecule has 1 saturated carbocycles. The standard InChI is InChI=1S/C20H29N3O2/c1-14-5-7-15(8-6-14)19(25)23-11-3-4-16(12-23)18(24)22-20(2,13-21)17-9-10-17/h5-8,16-17H,3-4,9-13,21H2,1-2H3,(H,22,24). The van der Waals surface area contributed by atoms with Gasteiger partial charge in [0.15, 0.2) is 0 Å². The molecule has 0 bridgehead atoms. The Hall–Kier alpha value is -1.88. The average Bonchev–Trinajstić information content (AvgIpc) is 3.47. The van der Waals surface area contributed by atoms with Gasteiger partial charge in [-0.1, -0.05) is 17.7 Å². The smallest absolute Gasteiger partial charge is 0.253 e. The summed E-state index contributed by atoms with van der Waals surface area (Å²) in [7, 11) is 0. The predicted molar refractivity (Wildman–Crippen MR) is 98.1 cm³/mol. The molecule has 2 fully saturated rings. The lowest BCUT2D eigenvalue weighted by molar-refractivity contribution is -0.128. The fourth-order valence-corrected chi connectivity index (χ4v) is 3.68. The highest BCUT2D eigenvalue weighted by atomic mass is 16.2. The number of carbonyl (C=O) groups is 2. The summed E-state index contributed by atoms with van der Waals surface area (Å²) in [4.78, 5) is 27.3. The first kappa shape index (κ1) is 17.9. The zero-order valence-electron chi connectivity index (χ0n) is 15.3. The molecule has 1 aromatic carbocycles. The van der Waals surface area contributed by atoms with E-state index in [0.717, 1.165) is 31.2 Å². The Kier molecular flexibility index (Phi) is 5.13. The molecule has 5 heteroatoms. The molecule has 2 atom stereocenters. The van der Waals surface area contributed by atoms with E-state index in [1.165, 1.54) is 0 Å². The van der Waals surface area contributed by atoms with Gasteiger partial charge in [0.1, 0.15) is 0 Å². The minimum absolute atomic E-state index is 0.0151. The molecule has 1 aliphatic heterocycles. The monoisotopic (exact) mass is 343 g/mol. The lowest BCUT2D eigenvalue weighted by atomic mass is 9.91. The van der Waals surface area contributed by atoms with E-state index in [1.54, 1.807) is 0 Å². The van der Waals surface area contributed by atoms with E-state index in [1.807, 2.05) is 43.0 Å². The third-order valence-electron chi connectivity index (χ3n) is 5.69. The first-order valence-corrected chi connectivity index (χ1v) is 9.31. The second kappa shape index (κ2) is 7.16. The fourth-order valence-electron chi connectivity index (χ4n) is 3.68. The highest BCUT2D eigenvalue weighted by Crippen LogP contribution is 2.39. The van der Waals surface area contributed by atoms with Crippen LogP contribution in [0.25, 0.3) is 0 Å². The third kappa shape index (κ3) is 4.03. The lowest BCUT2D eigenvalue weighted by Crippen LogP contribution is -2.56. The van der Waals surface area contributed by atoms with Gasteiger partial charge < -0.3 is 16.0 Å². The van der Waals surface area contributed by atoms with Crippen LogP contribution in [0.15, 0.2) is 24.3 Å². The van der Waals surface area contributed by atoms with Crippen molar-refractivity contribution in [2.45, 2.75) is 45.1 Å². The Balaban J connectivity index is 1.63. The summed E-state index contributed by atoms with van der Waals surface area (Å²) in [6, 6.07) is 7.62. The number of nitrogens with one attached hydrogen (secondary N) is 1. The Morgan fingerprint density at radius 2 is 1.92 bits per heavy atom. The van der Waals surface area contributed by atoms with E-state index in [2.05, 4.69) is 5.32 Å². The molecule has 2 amide bonds. The highest BCUT2D eigenvalue weighted by molar-refractivity contribution is 5.94. The van der Waals surface area contributed by atoms with Gasteiger partial charge in [-0.3, -0.25) is 9.59 Å². The van der Waals surface area contributed by atoms with Crippen LogP contribution < -0.4 is 11.1 Å². The van der Waals surface area contributed by atoms with Gasteiger partial charge in [0.25, 0.3) is 5.91 Å². The van der Waals surface area contributed by atoms with E-state index >= 15 is 0 Å². The fraction of sp³-hybridized carbons (Fsp3) is 0.600. The van der Waals surface area contributed by atoms with Crippen LogP contribution >= 0.6 is 0 Å². The van der Waals surface area contributed by atoms with Crippen LogP contribution in [0.4, 0.5) is 0 Å².